The van der Waals surface area contributed by atoms with Crippen molar-refractivity contribution in [2.24, 2.45) is 0 Å². The first-order valence-electron chi connectivity index (χ1n) is 6.17. The summed E-state index contributed by atoms with van der Waals surface area (Å²) < 4.78 is 0. The fourth-order valence-electron chi connectivity index (χ4n) is 1.80. The van der Waals surface area contributed by atoms with Crippen LogP contribution in [0.2, 0.25) is 0 Å². The number of aryl methyl sites for hydroxylation is 1. The molecule has 0 saturated heterocycles. The van der Waals surface area contributed by atoms with E-state index < -0.39 is 0 Å². The van der Waals surface area contributed by atoms with Crippen LogP contribution >= 0.6 is 0 Å². The molecule has 0 aliphatic carbocycles. The number of rotatable bonds is 8. The van der Waals surface area contributed by atoms with Crippen LogP contribution in [0, 0.1) is 0 Å². The second-order valence-electron chi connectivity index (χ2n) is 4.24. The molecule has 16 heavy (non-hydrogen) atoms. The van der Waals surface area contributed by atoms with Crippen molar-refractivity contribution in [1.82, 2.24) is 0 Å². The van der Waals surface area contributed by atoms with Crippen LogP contribution in [0.1, 0.15) is 37.7 Å². The van der Waals surface area contributed by atoms with Crippen molar-refractivity contribution in [3.8, 4) is 0 Å². The molecule has 1 aromatic carbocycles. The Morgan fingerprint density at radius 3 is 2.44 bits per heavy atom. The molecule has 1 N–H and O–H groups in total. The van der Waals surface area contributed by atoms with Gasteiger partial charge in [-0.3, -0.25) is 0 Å². The zero-order chi connectivity index (χ0) is 11.6. The summed E-state index contributed by atoms with van der Waals surface area (Å²) in [7, 11) is 0. The third-order valence-corrected chi connectivity index (χ3v) is 2.83. The Morgan fingerprint density at radius 1 is 1.06 bits per heavy atom. The van der Waals surface area contributed by atoms with Crippen LogP contribution in [0.4, 0.5) is 0 Å². The second-order valence-corrected chi connectivity index (χ2v) is 4.24. The third-order valence-electron chi connectivity index (χ3n) is 2.83. The molecule has 0 amide bonds. The Kier molecular flexibility index (Phi) is 6.59. The van der Waals surface area contributed by atoms with Gasteiger partial charge in [0.25, 0.3) is 0 Å². The van der Waals surface area contributed by atoms with Gasteiger partial charge in [0.1, 0.15) is 0 Å². The summed E-state index contributed by atoms with van der Waals surface area (Å²) in [5.74, 6) is 0. The lowest BCUT2D eigenvalue weighted by molar-refractivity contribution is 0.208. The predicted molar refractivity (Wildman–Crippen MR) is 69.4 cm³/mol. The van der Waals surface area contributed by atoms with Gasteiger partial charge in [0.2, 0.25) is 0 Å². The van der Waals surface area contributed by atoms with Gasteiger partial charge < -0.3 is 5.11 Å². The molecule has 0 aliphatic heterocycles. The molecule has 0 saturated carbocycles. The molecule has 88 valence electrons. The van der Waals surface area contributed by atoms with Crippen molar-refractivity contribution in [2.45, 2.75) is 44.6 Å². The van der Waals surface area contributed by atoms with E-state index in [2.05, 4.69) is 36.9 Å². The second kappa shape index (κ2) is 8.12. The zero-order valence-electron chi connectivity index (χ0n) is 9.94. The number of hydrogen-bond acceptors (Lipinski definition) is 1. The molecule has 0 radical (unpaired) electrons. The average molecular weight is 218 g/mol. The Hall–Kier alpha value is -1.08. The quantitative estimate of drug-likeness (QED) is 0.521. The molecule has 1 unspecified atom stereocenters. The largest absolute Gasteiger partial charge is 0.389 e. The summed E-state index contributed by atoms with van der Waals surface area (Å²) in [6.07, 6.45) is 8.13. The lowest BCUT2D eigenvalue weighted by atomic mass is 10.0. The van der Waals surface area contributed by atoms with Crippen molar-refractivity contribution in [1.29, 1.82) is 0 Å². The van der Waals surface area contributed by atoms with Crippen molar-refractivity contribution >= 4 is 0 Å². The first-order chi connectivity index (χ1) is 7.83. The minimum Gasteiger partial charge on any atom is -0.389 e. The van der Waals surface area contributed by atoms with Crippen molar-refractivity contribution in [3.63, 3.8) is 0 Å². The minimum absolute atomic E-state index is 0.311. The third kappa shape index (κ3) is 5.72. The van der Waals surface area contributed by atoms with Crippen LogP contribution in [-0.4, -0.2) is 11.2 Å². The monoisotopic (exact) mass is 218 g/mol. The molecule has 0 spiro atoms. The van der Waals surface area contributed by atoms with Crippen LogP contribution in [0.25, 0.3) is 0 Å². The molecule has 0 aromatic heterocycles. The van der Waals surface area contributed by atoms with Gasteiger partial charge >= 0.3 is 0 Å². The van der Waals surface area contributed by atoms with E-state index in [1.54, 1.807) is 6.08 Å². The highest BCUT2D eigenvalue weighted by Gasteiger charge is 1.97. The lowest BCUT2D eigenvalue weighted by Crippen LogP contribution is -2.00. The van der Waals surface area contributed by atoms with E-state index in [0.29, 0.717) is 0 Å². The highest BCUT2D eigenvalue weighted by atomic mass is 16.3. The van der Waals surface area contributed by atoms with Crippen LogP contribution in [0.15, 0.2) is 43.0 Å². The molecule has 0 fully saturated rings. The van der Waals surface area contributed by atoms with Gasteiger partial charge in [-0.15, -0.1) is 6.58 Å². The summed E-state index contributed by atoms with van der Waals surface area (Å²) in [5.41, 5.74) is 1.42. The summed E-state index contributed by atoms with van der Waals surface area (Å²) >= 11 is 0. The molecular formula is C15H22O. The Labute approximate surface area is 98.8 Å². The molecule has 1 nitrogen and oxygen atoms in total. The maximum Gasteiger partial charge on any atom is 0.0718 e. The Bertz CT molecular complexity index is 279. The number of aliphatic hydroxyl groups is 1. The average Bonchev–Trinajstić information content (AvgIpc) is 2.34. The van der Waals surface area contributed by atoms with E-state index in [1.165, 1.54) is 31.2 Å². The highest BCUT2D eigenvalue weighted by molar-refractivity contribution is 5.14. The number of unbranched alkanes of at least 4 members (excludes halogenated alkanes) is 3. The first kappa shape index (κ1) is 13.0. The smallest absolute Gasteiger partial charge is 0.0718 e. The summed E-state index contributed by atoms with van der Waals surface area (Å²) in [6, 6.07) is 10.6. The van der Waals surface area contributed by atoms with Gasteiger partial charge in [-0.2, -0.15) is 0 Å². The van der Waals surface area contributed by atoms with E-state index in [9.17, 15) is 5.11 Å². The molecule has 1 atom stereocenters. The van der Waals surface area contributed by atoms with Crippen LogP contribution in [-0.2, 0) is 6.42 Å². The van der Waals surface area contributed by atoms with Crippen LogP contribution in [0.5, 0.6) is 0 Å². The predicted octanol–water partition coefficient (Wildman–Crippen LogP) is 3.73. The van der Waals surface area contributed by atoms with Crippen LogP contribution in [0.3, 0.4) is 0 Å². The fraction of sp³-hybridized carbons (Fsp3) is 0.467. The normalized spacial score (nSPS) is 12.3. The van der Waals surface area contributed by atoms with E-state index in [0.717, 1.165) is 12.8 Å². The molecular weight excluding hydrogens is 196 g/mol. The van der Waals surface area contributed by atoms with Crippen molar-refractivity contribution < 1.29 is 5.11 Å². The molecule has 0 heterocycles. The topological polar surface area (TPSA) is 20.2 Å². The molecule has 1 rings (SSSR count). The first-order valence-corrected chi connectivity index (χ1v) is 6.17. The van der Waals surface area contributed by atoms with E-state index >= 15 is 0 Å². The van der Waals surface area contributed by atoms with Crippen molar-refractivity contribution in [3.05, 3.63) is 48.6 Å². The number of aliphatic hydroxyl groups excluding tert-OH is 1. The van der Waals surface area contributed by atoms with Gasteiger partial charge in [-0.25, -0.2) is 0 Å². The van der Waals surface area contributed by atoms with Crippen LogP contribution < -0.4 is 0 Å². The summed E-state index contributed by atoms with van der Waals surface area (Å²) in [5, 5.41) is 9.27. The molecule has 0 bridgehead atoms. The maximum atomic E-state index is 9.27. The molecule has 0 aliphatic rings. The van der Waals surface area contributed by atoms with Gasteiger partial charge in [0.15, 0.2) is 0 Å². The zero-order valence-corrected chi connectivity index (χ0v) is 9.94. The summed E-state index contributed by atoms with van der Waals surface area (Å²) in [6.45, 7) is 3.57. The highest BCUT2D eigenvalue weighted by Crippen LogP contribution is 2.10. The number of benzene rings is 1. The maximum absolute atomic E-state index is 9.27. The van der Waals surface area contributed by atoms with E-state index in [1.807, 2.05) is 0 Å². The molecule has 1 heteroatoms. The Morgan fingerprint density at radius 2 is 1.75 bits per heavy atom. The lowest BCUT2D eigenvalue weighted by Gasteiger charge is -2.04. The number of hydrogen-bond donors (Lipinski definition) is 1. The van der Waals surface area contributed by atoms with Gasteiger partial charge in [0.05, 0.1) is 6.10 Å². The van der Waals surface area contributed by atoms with E-state index in [-0.39, 0.29) is 6.10 Å². The van der Waals surface area contributed by atoms with E-state index in [4.69, 9.17) is 0 Å². The fourth-order valence-corrected chi connectivity index (χ4v) is 1.80. The Balaban J connectivity index is 1.98. The SMILES string of the molecule is C=CC(O)CCCCCCc1ccccc1. The van der Waals surface area contributed by atoms with Crippen molar-refractivity contribution in [2.75, 3.05) is 0 Å². The summed E-state index contributed by atoms with van der Waals surface area (Å²) in [4.78, 5) is 0. The van der Waals surface area contributed by atoms with Gasteiger partial charge in [-0.1, -0.05) is 55.7 Å². The standard InChI is InChI=1S/C15H22O/c1-2-15(16)13-9-4-3-6-10-14-11-7-5-8-12-14/h2,5,7-8,11-12,15-16H,1,3-4,6,9-10,13H2. The molecule has 1 aromatic rings. The minimum atomic E-state index is -0.311. The van der Waals surface area contributed by atoms with Gasteiger partial charge in [-0.05, 0) is 24.8 Å². The van der Waals surface area contributed by atoms with Gasteiger partial charge in [0, 0.05) is 0 Å².